The Morgan fingerprint density at radius 3 is 2.55 bits per heavy atom. The van der Waals surface area contributed by atoms with Crippen LogP contribution in [0.15, 0.2) is 71.2 Å². The van der Waals surface area contributed by atoms with Crippen LogP contribution >= 0.6 is 11.6 Å². The number of amides is 2. The van der Waals surface area contributed by atoms with Crippen molar-refractivity contribution in [1.82, 2.24) is 10.6 Å². The van der Waals surface area contributed by atoms with Gasteiger partial charge in [-0.1, -0.05) is 81.3 Å². The van der Waals surface area contributed by atoms with Crippen LogP contribution < -0.4 is 10.6 Å². The number of rotatable bonds is 13. The van der Waals surface area contributed by atoms with Crippen LogP contribution in [-0.2, 0) is 23.8 Å². The number of carbonyl (C=O) groups is 2. The molecule has 2 rings (SSSR count). The Morgan fingerprint density at radius 1 is 1.20 bits per heavy atom. The van der Waals surface area contributed by atoms with Gasteiger partial charge in [-0.15, -0.1) is 0 Å². The molecule has 1 fully saturated rings. The van der Waals surface area contributed by atoms with Crippen LogP contribution in [0, 0.1) is 11.3 Å². The van der Waals surface area contributed by atoms with Gasteiger partial charge in [0.05, 0.1) is 19.3 Å². The summed E-state index contributed by atoms with van der Waals surface area (Å²) < 4.78 is 16.9. The summed E-state index contributed by atoms with van der Waals surface area (Å²) in [5.41, 5.74) is 0.520. The van der Waals surface area contributed by atoms with Gasteiger partial charge in [0, 0.05) is 17.0 Å². The zero-order valence-corrected chi connectivity index (χ0v) is 25.4. The predicted octanol–water partition coefficient (Wildman–Crippen LogP) is 5.17. The molecule has 6 atom stereocenters. The van der Waals surface area contributed by atoms with E-state index in [2.05, 4.69) is 23.6 Å². The third-order valence-electron chi connectivity index (χ3n) is 6.50. The molecule has 0 aliphatic carbocycles. The summed E-state index contributed by atoms with van der Waals surface area (Å²) in [6, 6.07) is -0.755. The topological polar surface area (TPSA) is 109 Å². The number of hydrogen-bond acceptors (Lipinski definition) is 6. The van der Waals surface area contributed by atoms with Crippen molar-refractivity contribution in [2.75, 3.05) is 7.11 Å². The molecule has 2 heterocycles. The maximum atomic E-state index is 12.8. The summed E-state index contributed by atoms with van der Waals surface area (Å²) >= 11 is 5.78. The number of nitrogens with one attached hydrogen (secondary N) is 2. The Bertz CT molecular complexity index is 1050. The summed E-state index contributed by atoms with van der Waals surface area (Å²) in [6.07, 6.45) is 16.4. The third kappa shape index (κ3) is 11.8. The van der Waals surface area contributed by atoms with E-state index < -0.39 is 17.6 Å². The second-order valence-electron chi connectivity index (χ2n) is 11.3. The monoisotopic (exact) mass is 576 g/mol. The van der Waals surface area contributed by atoms with Gasteiger partial charge in [0.2, 0.25) is 11.8 Å². The molecular formula is C31H45ClN2O6. The van der Waals surface area contributed by atoms with Crippen LogP contribution in [0.5, 0.6) is 0 Å². The SMILES string of the molecule is COC1=CC[C@@H]([C@@H](C)/C=C(C)/C=C\C=C/C(=O)N[C@H](C(=O)N/C=C\C[C@@H](O)C/C=C(\C)Cl)C(C)(C)C)OC2OC12. The van der Waals surface area contributed by atoms with Crippen molar-refractivity contribution in [1.29, 1.82) is 0 Å². The Hall–Kier alpha value is -2.65. The number of methoxy groups -OCH3 is 1. The maximum absolute atomic E-state index is 12.8. The van der Waals surface area contributed by atoms with E-state index in [9.17, 15) is 14.7 Å². The standard InChI is InChI=1S/C31H45ClN2O6/c1-20(19-21(2)24-16-17-25(38-7)27-30(39-24)40-27)11-8-9-13-26(36)34-28(31(4,5)6)29(37)33-18-10-12-23(35)15-14-22(3)32/h8-11,13-14,17-19,21,23-24,27-28,30,35H,12,15-16H2,1-7H3,(H,33,37)(H,34,36)/b11-8-,13-9-,18-10-,20-19+,22-14+/t21-,23+,24-,27?,28+,30?/m0/s1. The lowest BCUT2D eigenvalue weighted by atomic mass is 9.86. The minimum atomic E-state index is -0.755. The summed E-state index contributed by atoms with van der Waals surface area (Å²) in [7, 11) is 1.64. The van der Waals surface area contributed by atoms with Crippen molar-refractivity contribution in [2.24, 2.45) is 11.3 Å². The van der Waals surface area contributed by atoms with Crippen LogP contribution in [-0.4, -0.2) is 54.7 Å². The van der Waals surface area contributed by atoms with Gasteiger partial charge in [0.1, 0.15) is 11.8 Å². The number of aliphatic hydroxyl groups is 1. The van der Waals surface area contributed by atoms with E-state index in [0.29, 0.717) is 17.9 Å². The first kappa shape index (κ1) is 33.6. The van der Waals surface area contributed by atoms with E-state index in [1.165, 1.54) is 12.3 Å². The van der Waals surface area contributed by atoms with Gasteiger partial charge < -0.3 is 30.0 Å². The van der Waals surface area contributed by atoms with Gasteiger partial charge in [0.25, 0.3) is 0 Å². The van der Waals surface area contributed by atoms with E-state index >= 15 is 0 Å². The number of carbonyl (C=O) groups excluding carboxylic acids is 2. The van der Waals surface area contributed by atoms with Gasteiger partial charge in [-0.25, -0.2) is 0 Å². The Labute approximate surface area is 243 Å². The van der Waals surface area contributed by atoms with Gasteiger partial charge in [0.15, 0.2) is 12.4 Å². The average molecular weight is 577 g/mol. The molecule has 0 radical (unpaired) electrons. The molecular weight excluding hydrogens is 532 g/mol. The fourth-order valence-electron chi connectivity index (χ4n) is 4.16. The van der Waals surface area contributed by atoms with Gasteiger partial charge >= 0.3 is 0 Å². The number of halogens is 1. The molecule has 0 spiro atoms. The van der Waals surface area contributed by atoms with Crippen LogP contribution in [0.3, 0.4) is 0 Å². The number of allylic oxidation sites excluding steroid dienone is 5. The van der Waals surface area contributed by atoms with E-state index in [-0.39, 0.29) is 36.2 Å². The molecule has 0 aromatic heterocycles. The summed E-state index contributed by atoms with van der Waals surface area (Å²) in [4.78, 5) is 25.3. The number of hydrogen-bond donors (Lipinski definition) is 3. The minimum Gasteiger partial charge on any atom is -0.498 e. The Kier molecular flexibility index (Phi) is 13.4. The van der Waals surface area contributed by atoms with Gasteiger partial charge in [-0.2, -0.15) is 0 Å². The second kappa shape index (κ2) is 16.0. The molecule has 8 nitrogen and oxygen atoms in total. The van der Waals surface area contributed by atoms with Crippen LogP contribution in [0.4, 0.5) is 0 Å². The van der Waals surface area contributed by atoms with Crippen LogP contribution in [0.2, 0.25) is 0 Å². The van der Waals surface area contributed by atoms with Gasteiger partial charge in [-0.3, -0.25) is 9.59 Å². The largest absolute Gasteiger partial charge is 0.498 e. The van der Waals surface area contributed by atoms with E-state index in [4.69, 9.17) is 25.8 Å². The van der Waals surface area contributed by atoms with E-state index in [1.54, 1.807) is 38.3 Å². The lowest BCUT2D eigenvalue weighted by molar-refractivity contribution is -0.129. The molecule has 0 aromatic carbocycles. The molecule has 2 unspecified atom stereocenters. The van der Waals surface area contributed by atoms with Gasteiger partial charge in [-0.05, 0) is 50.8 Å². The normalized spacial score (nSPS) is 24.3. The first-order valence-corrected chi connectivity index (χ1v) is 14.0. The molecule has 0 aromatic rings. The summed E-state index contributed by atoms with van der Waals surface area (Å²) in [5.74, 6) is 0.275. The molecule has 40 heavy (non-hydrogen) atoms. The first-order chi connectivity index (χ1) is 18.8. The highest BCUT2D eigenvalue weighted by Gasteiger charge is 2.47. The van der Waals surface area contributed by atoms with Crippen molar-refractivity contribution < 1.29 is 28.9 Å². The molecule has 0 bridgehead atoms. The first-order valence-electron chi connectivity index (χ1n) is 13.7. The van der Waals surface area contributed by atoms with Crippen molar-refractivity contribution in [3.05, 3.63) is 71.2 Å². The Morgan fingerprint density at radius 2 is 1.90 bits per heavy atom. The van der Waals surface area contributed by atoms with Crippen molar-refractivity contribution in [3.8, 4) is 0 Å². The average Bonchev–Trinajstić information content (AvgIpc) is 3.65. The molecule has 222 valence electrons. The number of epoxide rings is 1. The number of aliphatic hydroxyl groups excluding tert-OH is 1. The van der Waals surface area contributed by atoms with Crippen molar-refractivity contribution in [2.45, 2.75) is 91.4 Å². The highest BCUT2D eigenvalue weighted by Crippen LogP contribution is 2.37. The fourth-order valence-corrected chi connectivity index (χ4v) is 4.24. The lowest BCUT2D eigenvalue weighted by Crippen LogP contribution is -2.52. The highest BCUT2D eigenvalue weighted by atomic mass is 35.5. The van der Waals surface area contributed by atoms with E-state index in [1.807, 2.05) is 39.8 Å². The van der Waals surface area contributed by atoms with Crippen molar-refractivity contribution in [3.63, 3.8) is 0 Å². The molecule has 9 heteroatoms. The second-order valence-corrected chi connectivity index (χ2v) is 11.9. The molecule has 2 aliphatic rings. The summed E-state index contributed by atoms with van der Waals surface area (Å²) in [6.45, 7) is 11.5. The van der Waals surface area contributed by atoms with E-state index in [0.717, 1.165) is 17.8 Å². The quantitative estimate of drug-likeness (QED) is 0.158. The minimum absolute atomic E-state index is 0.00924. The zero-order chi connectivity index (χ0) is 29.9. The Balaban J connectivity index is 1.85. The lowest BCUT2D eigenvalue weighted by Gasteiger charge is -2.29. The highest BCUT2D eigenvalue weighted by molar-refractivity contribution is 6.29. The smallest absolute Gasteiger partial charge is 0.247 e. The van der Waals surface area contributed by atoms with Crippen LogP contribution in [0.1, 0.15) is 60.8 Å². The zero-order valence-electron chi connectivity index (χ0n) is 24.6. The van der Waals surface area contributed by atoms with Crippen molar-refractivity contribution >= 4 is 23.4 Å². The van der Waals surface area contributed by atoms with Crippen LogP contribution in [0.25, 0.3) is 0 Å². The summed E-state index contributed by atoms with van der Waals surface area (Å²) in [5, 5.41) is 16.0. The predicted molar refractivity (Wildman–Crippen MR) is 158 cm³/mol. The maximum Gasteiger partial charge on any atom is 0.247 e. The number of fused-ring (bicyclic) bond motifs is 1. The molecule has 1 saturated heterocycles. The molecule has 0 saturated carbocycles. The third-order valence-corrected chi connectivity index (χ3v) is 6.65. The number of ether oxygens (including phenoxy) is 3. The molecule has 3 N–H and O–H groups in total. The fraction of sp³-hybridized carbons (Fsp3) is 0.548. The molecule has 2 amide bonds. The molecule has 2 aliphatic heterocycles.